The van der Waals surface area contributed by atoms with Gasteiger partial charge in [0.05, 0.1) is 20.8 Å². The SMILES string of the molecule is CCOCc1cc(C(=O)Nc2ccc3sc(C(=O)OC)cc3c2)ccc1OC. The zero-order valence-electron chi connectivity index (χ0n) is 15.9. The van der Waals surface area contributed by atoms with E-state index in [1.165, 1.54) is 18.4 Å². The van der Waals surface area contributed by atoms with Crippen molar-refractivity contribution in [3.05, 3.63) is 58.5 Å². The average molecular weight is 399 g/mol. The number of ether oxygens (including phenoxy) is 3. The highest BCUT2D eigenvalue weighted by Crippen LogP contribution is 2.29. The lowest BCUT2D eigenvalue weighted by Gasteiger charge is -2.11. The van der Waals surface area contributed by atoms with E-state index in [9.17, 15) is 9.59 Å². The number of rotatable bonds is 7. The fourth-order valence-electron chi connectivity index (χ4n) is 2.77. The molecule has 0 bridgehead atoms. The van der Waals surface area contributed by atoms with Crippen molar-refractivity contribution in [3.8, 4) is 5.75 Å². The molecule has 0 saturated heterocycles. The van der Waals surface area contributed by atoms with Crippen molar-refractivity contribution in [1.29, 1.82) is 0 Å². The third-order valence-corrected chi connectivity index (χ3v) is 5.26. The number of carbonyl (C=O) groups excluding carboxylic acids is 2. The molecule has 0 saturated carbocycles. The van der Waals surface area contributed by atoms with E-state index in [1.54, 1.807) is 31.4 Å². The molecule has 0 aliphatic heterocycles. The summed E-state index contributed by atoms with van der Waals surface area (Å²) in [5, 5.41) is 3.76. The Bertz CT molecular complexity index is 1010. The third-order valence-electron chi connectivity index (χ3n) is 4.17. The smallest absolute Gasteiger partial charge is 0.348 e. The first-order valence-corrected chi connectivity index (χ1v) is 9.55. The number of hydrogen-bond donors (Lipinski definition) is 1. The molecule has 146 valence electrons. The Morgan fingerprint density at radius 1 is 1.07 bits per heavy atom. The van der Waals surface area contributed by atoms with Gasteiger partial charge >= 0.3 is 5.97 Å². The van der Waals surface area contributed by atoms with Crippen molar-refractivity contribution in [3.63, 3.8) is 0 Å². The second kappa shape index (κ2) is 8.86. The van der Waals surface area contributed by atoms with Crippen LogP contribution in [0, 0.1) is 0 Å². The molecule has 1 aromatic heterocycles. The van der Waals surface area contributed by atoms with Gasteiger partial charge in [-0.05, 0) is 54.8 Å². The highest BCUT2D eigenvalue weighted by Gasteiger charge is 2.13. The third kappa shape index (κ3) is 4.32. The molecule has 3 aromatic rings. The lowest BCUT2D eigenvalue weighted by molar-refractivity contribution is 0.0606. The maximum absolute atomic E-state index is 12.7. The first-order valence-electron chi connectivity index (χ1n) is 8.73. The predicted octanol–water partition coefficient (Wildman–Crippen LogP) is 4.49. The molecule has 1 amide bonds. The van der Waals surface area contributed by atoms with Gasteiger partial charge in [0.1, 0.15) is 10.6 Å². The number of hydrogen-bond acceptors (Lipinski definition) is 6. The standard InChI is InChI=1S/C21H21NO5S/c1-4-27-12-15-9-13(5-7-17(15)25-2)20(23)22-16-6-8-18-14(10-16)11-19(28-18)21(24)26-3/h5-11H,4,12H2,1-3H3,(H,22,23). The van der Waals surface area contributed by atoms with Crippen LogP contribution in [0.3, 0.4) is 0 Å². The molecule has 1 N–H and O–H groups in total. The van der Waals surface area contributed by atoms with Crippen molar-refractivity contribution in [2.24, 2.45) is 0 Å². The predicted molar refractivity (Wildman–Crippen MR) is 109 cm³/mol. The fraction of sp³-hybridized carbons (Fsp3) is 0.238. The van der Waals surface area contributed by atoms with Crippen LogP contribution in [-0.2, 0) is 16.1 Å². The highest BCUT2D eigenvalue weighted by molar-refractivity contribution is 7.20. The quantitative estimate of drug-likeness (QED) is 0.593. The minimum absolute atomic E-state index is 0.233. The summed E-state index contributed by atoms with van der Waals surface area (Å²) in [6.45, 7) is 2.86. The van der Waals surface area contributed by atoms with Crippen LogP contribution < -0.4 is 10.1 Å². The van der Waals surface area contributed by atoms with E-state index in [1.807, 2.05) is 25.1 Å². The Labute approximate surface area is 167 Å². The first kappa shape index (κ1) is 19.9. The van der Waals surface area contributed by atoms with Crippen LogP contribution in [0.25, 0.3) is 10.1 Å². The van der Waals surface area contributed by atoms with Crippen LogP contribution in [0.4, 0.5) is 5.69 Å². The van der Waals surface area contributed by atoms with Crippen LogP contribution in [-0.4, -0.2) is 32.7 Å². The van der Waals surface area contributed by atoms with Gasteiger partial charge in [-0.2, -0.15) is 0 Å². The van der Waals surface area contributed by atoms with Crippen LogP contribution >= 0.6 is 11.3 Å². The van der Waals surface area contributed by atoms with Crippen LogP contribution in [0.1, 0.15) is 32.5 Å². The van der Waals surface area contributed by atoms with Crippen LogP contribution in [0.5, 0.6) is 5.75 Å². The molecule has 1 heterocycles. The first-order chi connectivity index (χ1) is 13.5. The molecular weight excluding hydrogens is 378 g/mol. The fourth-order valence-corrected chi connectivity index (χ4v) is 3.73. The molecule has 0 spiro atoms. The minimum atomic E-state index is -0.369. The Balaban J connectivity index is 1.81. The summed E-state index contributed by atoms with van der Waals surface area (Å²) in [6, 6.07) is 12.5. The molecule has 0 aliphatic carbocycles. The van der Waals surface area contributed by atoms with Crippen molar-refractivity contribution < 1.29 is 23.8 Å². The Morgan fingerprint density at radius 3 is 2.61 bits per heavy atom. The summed E-state index contributed by atoms with van der Waals surface area (Å²) >= 11 is 1.35. The number of fused-ring (bicyclic) bond motifs is 1. The number of amides is 1. The molecule has 0 fully saturated rings. The maximum atomic E-state index is 12.7. The summed E-state index contributed by atoms with van der Waals surface area (Å²) in [6.07, 6.45) is 0. The van der Waals surface area contributed by atoms with E-state index in [0.717, 1.165) is 15.6 Å². The molecule has 0 aliphatic rings. The summed E-state index contributed by atoms with van der Waals surface area (Å²) in [7, 11) is 2.94. The molecule has 3 rings (SSSR count). The number of benzene rings is 2. The number of carbonyl (C=O) groups is 2. The van der Waals surface area contributed by atoms with Crippen molar-refractivity contribution >= 4 is 39.0 Å². The summed E-state index contributed by atoms with van der Waals surface area (Å²) in [5.74, 6) is 0.0788. The van der Waals surface area contributed by atoms with Crippen molar-refractivity contribution in [2.75, 3.05) is 26.1 Å². The second-order valence-corrected chi connectivity index (χ2v) is 7.06. The van der Waals surface area contributed by atoms with E-state index < -0.39 is 0 Å². The Hall–Kier alpha value is -2.90. The number of anilines is 1. The molecule has 2 aromatic carbocycles. The van der Waals surface area contributed by atoms with Crippen LogP contribution in [0.15, 0.2) is 42.5 Å². The molecule has 0 unspecified atom stereocenters. The maximum Gasteiger partial charge on any atom is 0.348 e. The number of thiophene rings is 1. The topological polar surface area (TPSA) is 73.9 Å². The van der Waals surface area contributed by atoms with Gasteiger partial charge in [-0.25, -0.2) is 4.79 Å². The van der Waals surface area contributed by atoms with E-state index in [-0.39, 0.29) is 11.9 Å². The minimum Gasteiger partial charge on any atom is -0.496 e. The number of methoxy groups -OCH3 is 2. The Morgan fingerprint density at radius 2 is 1.89 bits per heavy atom. The van der Waals surface area contributed by atoms with Crippen molar-refractivity contribution in [2.45, 2.75) is 13.5 Å². The highest BCUT2D eigenvalue weighted by atomic mass is 32.1. The van der Waals surface area contributed by atoms with Gasteiger partial charge in [-0.15, -0.1) is 11.3 Å². The van der Waals surface area contributed by atoms with E-state index in [4.69, 9.17) is 14.2 Å². The van der Waals surface area contributed by atoms with E-state index >= 15 is 0 Å². The monoisotopic (exact) mass is 399 g/mol. The molecule has 0 radical (unpaired) electrons. The van der Waals surface area contributed by atoms with Gasteiger partial charge < -0.3 is 19.5 Å². The summed E-state index contributed by atoms with van der Waals surface area (Å²) in [4.78, 5) is 24.9. The number of nitrogens with one attached hydrogen (secondary N) is 1. The molecule has 28 heavy (non-hydrogen) atoms. The van der Waals surface area contributed by atoms with Gasteiger partial charge in [0.25, 0.3) is 5.91 Å². The lowest BCUT2D eigenvalue weighted by atomic mass is 10.1. The van der Waals surface area contributed by atoms with Gasteiger partial charge in [-0.1, -0.05) is 0 Å². The zero-order valence-corrected chi connectivity index (χ0v) is 16.7. The van der Waals surface area contributed by atoms with Gasteiger partial charge in [0, 0.05) is 28.1 Å². The largest absolute Gasteiger partial charge is 0.496 e. The molecular formula is C21H21NO5S. The molecule has 6 nitrogen and oxygen atoms in total. The normalized spacial score (nSPS) is 10.7. The van der Waals surface area contributed by atoms with Gasteiger partial charge in [0.15, 0.2) is 0 Å². The molecule has 0 atom stereocenters. The van der Waals surface area contributed by atoms with E-state index in [2.05, 4.69) is 5.32 Å². The molecule has 7 heteroatoms. The van der Waals surface area contributed by atoms with Gasteiger partial charge in [-0.3, -0.25) is 4.79 Å². The van der Waals surface area contributed by atoms with Crippen molar-refractivity contribution in [1.82, 2.24) is 0 Å². The average Bonchev–Trinajstić information content (AvgIpc) is 3.14. The Kier molecular flexibility index (Phi) is 6.28. The van der Waals surface area contributed by atoms with E-state index in [0.29, 0.717) is 35.1 Å². The zero-order chi connectivity index (χ0) is 20.1. The summed E-state index contributed by atoms with van der Waals surface area (Å²) in [5.41, 5.74) is 1.97. The van der Waals surface area contributed by atoms with Gasteiger partial charge in [0.2, 0.25) is 0 Å². The van der Waals surface area contributed by atoms with Crippen LogP contribution in [0.2, 0.25) is 0 Å². The second-order valence-electron chi connectivity index (χ2n) is 5.97. The summed E-state index contributed by atoms with van der Waals surface area (Å²) < 4.78 is 16.5. The lowest BCUT2D eigenvalue weighted by Crippen LogP contribution is -2.12. The number of esters is 1.